The van der Waals surface area contributed by atoms with E-state index in [1.165, 1.54) is 12.8 Å². The Hall–Kier alpha value is -1.59. The molecule has 0 saturated heterocycles. The molecule has 1 atom stereocenters. The van der Waals surface area contributed by atoms with Gasteiger partial charge in [-0.3, -0.25) is 0 Å². The lowest BCUT2D eigenvalue weighted by atomic mass is 10.1. The van der Waals surface area contributed by atoms with E-state index >= 15 is 0 Å². The molecule has 19 heavy (non-hydrogen) atoms. The van der Waals surface area contributed by atoms with Gasteiger partial charge in [0.2, 0.25) is 11.9 Å². The SMILES string of the molecule is CCCCC(CCC)Nc1nc(NC)nc(OC)n1. The number of anilines is 2. The highest BCUT2D eigenvalue weighted by Crippen LogP contribution is 2.15. The van der Waals surface area contributed by atoms with Gasteiger partial charge < -0.3 is 15.4 Å². The van der Waals surface area contributed by atoms with E-state index in [9.17, 15) is 0 Å². The van der Waals surface area contributed by atoms with E-state index in [1.807, 2.05) is 0 Å². The van der Waals surface area contributed by atoms with Crippen LogP contribution in [0.25, 0.3) is 0 Å². The molecule has 6 heteroatoms. The lowest BCUT2D eigenvalue weighted by Crippen LogP contribution is -2.21. The third-order valence-electron chi connectivity index (χ3n) is 2.90. The summed E-state index contributed by atoms with van der Waals surface area (Å²) < 4.78 is 5.08. The second-order valence-corrected chi connectivity index (χ2v) is 4.49. The molecule has 0 aliphatic heterocycles. The average molecular weight is 267 g/mol. The molecule has 1 unspecified atom stereocenters. The molecule has 0 aliphatic rings. The van der Waals surface area contributed by atoms with E-state index in [2.05, 4.69) is 39.4 Å². The van der Waals surface area contributed by atoms with E-state index in [4.69, 9.17) is 4.74 Å². The Morgan fingerprint density at radius 2 is 1.79 bits per heavy atom. The van der Waals surface area contributed by atoms with E-state index in [0.29, 0.717) is 23.9 Å². The third kappa shape index (κ3) is 5.28. The predicted octanol–water partition coefficient (Wildman–Crippen LogP) is 2.69. The number of unbranched alkanes of at least 4 members (excludes halogenated alkanes) is 1. The number of aromatic nitrogens is 3. The van der Waals surface area contributed by atoms with Crippen molar-refractivity contribution >= 4 is 11.9 Å². The predicted molar refractivity (Wildman–Crippen MR) is 77.8 cm³/mol. The first kappa shape index (κ1) is 15.5. The number of hydrogen-bond acceptors (Lipinski definition) is 6. The van der Waals surface area contributed by atoms with Crippen molar-refractivity contribution < 1.29 is 4.74 Å². The summed E-state index contributed by atoms with van der Waals surface area (Å²) in [5.74, 6) is 1.09. The zero-order valence-corrected chi connectivity index (χ0v) is 12.4. The molecule has 0 aliphatic carbocycles. The Morgan fingerprint density at radius 3 is 2.37 bits per heavy atom. The van der Waals surface area contributed by atoms with Crippen molar-refractivity contribution in [1.29, 1.82) is 0 Å². The number of ether oxygens (including phenoxy) is 1. The van der Waals surface area contributed by atoms with Gasteiger partial charge >= 0.3 is 6.01 Å². The number of nitrogens with one attached hydrogen (secondary N) is 2. The number of nitrogens with zero attached hydrogens (tertiary/aromatic N) is 3. The first-order valence-corrected chi connectivity index (χ1v) is 6.97. The molecule has 0 saturated carbocycles. The number of hydrogen-bond donors (Lipinski definition) is 2. The van der Waals surface area contributed by atoms with E-state index in [1.54, 1.807) is 14.2 Å². The molecule has 0 radical (unpaired) electrons. The smallest absolute Gasteiger partial charge is 0.322 e. The minimum atomic E-state index is 0.326. The fourth-order valence-electron chi connectivity index (χ4n) is 1.89. The number of methoxy groups -OCH3 is 1. The van der Waals surface area contributed by atoms with E-state index in [-0.39, 0.29) is 0 Å². The maximum Gasteiger partial charge on any atom is 0.322 e. The van der Waals surface area contributed by atoms with Gasteiger partial charge in [0.15, 0.2) is 0 Å². The second-order valence-electron chi connectivity index (χ2n) is 4.49. The fraction of sp³-hybridized carbons (Fsp3) is 0.769. The van der Waals surface area contributed by atoms with Crippen molar-refractivity contribution in [2.45, 2.75) is 52.0 Å². The van der Waals surface area contributed by atoms with Crippen LogP contribution in [0.2, 0.25) is 0 Å². The van der Waals surface area contributed by atoms with Crippen LogP contribution in [0.15, 0.2) is 0 Å². The fourth-order valence-corrected chi connectivity index (χ4v) is 1.89. The summed E-state index contributed by atoms with van der Waals surface area (Å²) in [6.07, 6.45) is 5.79. The van der Waals surface area contributed by atoms with Gasteiger partial charge in [-0.05, 0) is 12.8 Å². The van der Waals surface area contributed by atoms with Crippen LogP contribution in [0.5, 0.6) is 6.01 Å². The van der Waals surface area contributed by atoms with Gasteiger partial charge in [-0.25, -0.2) is 0 Å². The molecule has 1 heterocycles. The lowest BCUT2D eigenvalue weighted by Gasteiger charge is -2.18. The minimum absolute atomic E-state index is 0.326. The Morgan fingerprint density at radius 1 is 1.05 bits per heavy atom. The molecular formula is C13H25N5O. The molecule has 0 fully saturated rings. The van der Waals surface area contributed by atoms with Gasteiger partial charge in [-0.15, -0.1) is 0 Å². The van der Waals surface area contributed by atoms with Crippen molar-refractivity contribution in [2.75, 3.05) is 24.8 Å². The summed E-state index contributed by atoms with van der Waals surface area (Å²) >= 11 is 0. The van der Waals surface area contributed by atoms with E-state index in [0.717, 1.165) is 19.3 Å². The monoisotopic (exact) mass is 267 g/mol. The highest BCUT2D eigenvalue weighted by atomic mass is 16.5. The summed E-state index contributed by atoms with van der Waals surface area (Å²) in [6.45, 7) is 4.39. The molecule has 0 aromatic carbocycles. The maximum atomic E-state index is 5.08. The summed E-state index contributed by atoms with van der Waals surface area (Å²) in [7, 11) is 3.33. The molecule has 0 amide bonds. The molecule has 1 aromatic rings. The van der Waals surface area contributed by atoms with Gasteiger partial charge in [-0.1, -0.05) is 33.1 Å². The van der Waals surface area contributed by atoms with Crippen LogP contribution in [-0.2, 0) is 0 Å². The van der Waals surface area contributed by atoms with Gasteiger partial charge in [0.1, 0.15) is 0 Å². The topological polar surface area (TPSA) is 72.0 Å². The van der Waals surface area contributed by atoms with Crippen LogP contribution in [0, 0.1) is 0 Å². The zero-order valence-electron chi connectivity index (χ0n) is 12.4. The van der Waals surface area contributed by atoms with Crippen LogP contribution in [-0.4, -0.2) is 35.2 Å². The van der Waals surface area contributed by atoms with Gasteiger partial charge in [0.05, 0.1) is 7.11 Å². The van der Waals surface area contributed by atoms with Crippen LogP contribution in [0.4, 0.5) is 11.9 Å². The first-order valence-electron chi connectivity index (χ1n) is 6.97. The molecule has 6 nitrogen and oxygen atoms in total. The molecule has 1 rings (SSSR count). The van der Waals surface area contributed by atoms with Crippen LogP contribution >= 0.6 is 0 Å². The maximum absolute atomic E-state index is 5.08. The van der Waals surface area contributed by atoms with Crippen LogP contribution in [0.3, 0.4) is 0 Å². The molecular weight excluding hydrogens is 242 g/mol. The van der Waals surface area contributed by atoms with Gasteiger partial charge in [0, 0.05) is 13.1 Å². The Kier molecular flexibility index (Phi) is 6.92. The highest BCUT2D eigenvalue weighted by Gasteiger charge is 2.11. The second kappa shape index (κ2) is 8.50. The average Bonchev–Trinajstić information content (AvgIpc) is 2.44. The van der Waals surface area contributed by atoms with Crippen LogP contribution < -0.4 is 15.4 Å². The third-order valence-corrected chi connectivity index (χ3v) is 2.90. The first-order chi connectivity index (χ1) is 9.23. The van der Waals surface area contributed by atoms with Gasteiger partial charge in [0.25, 0.3) is 0 Å². The molecule has 1 aromatic heterocycles. The van der Waals surface area contributed by atoms with Crippen molar-refractivity contribution in [3.8, 4) is 6.01 Å². The highest BCUT2D eigenvalue weighted by molar-refractivity contribution is 5.36. The Bertz CT molecular complexity index is 350. The molecule has 108 valence electrons. The zero-order chi connectivity index (χ0) is 14.1. The number of rotatable bonds is 9. The Labute approximate surface area is 115 Å². The summed E-state index contributed by atoms with van der Waals surface area (Å²) in [5, 5.41) is 6.29. The standard InChI is InChI=1S/C13H25N5O/c1-5-7-9-10(8-6-2)15-12-16-11(14-3)17-13(18-12)19-4/h10H,5-9H2,1-4H3,(H2,14,15,16,17,18). The Balaban J connectivity index is 2.76. The largest absolute Gasteiger partial charge is 0.467 e. The van der Waals surface area contributed by atoms with Crippen molar-refractivity contribution in [2.24, 2.45) is 0 Å². The van der Waals surface area contributed by atoms with Crippen molar-refractivity contribution in [3.05, 3.63) is 0 Å². The molecule has 2 N–H and O–H groups in total. The van der Waals surface area contributed by atoms with Crippen molar-refractivity contribution in [1.82, 2.24) is 15.0 Å². The van der Waals surface area contributed by atoms with Gasteiger partial charge in [-0.2, -0.15) is 15.0 Å². The van der Waals surface area contributed by atoms with Crippen molar-refractivity contribution in [3.63, 3.8) is 0 Å². The molecule has 0 spiro atoms. The summed E-state index contributed by atoms with van der Waals surface area (Å²) in [6, 6.07) is 0.731. The van der Waals surface area contributed by atoms with Crippen LogP contribution in [0.1, 0.15) is 46.0 Å². The lowest BCUT2D eigenvalue weighted by molar-refractivity contribution is 0.379. The minimum Gasteiger partial charge on any atom is -0.467 e. The molecule has 0 bridgehead atoms. The summed E-state index contributed by atoms with van der Waals surface area (Å²) in [4.78, 5) is 12.6. The quantitative estimate of drug-likeness (QED) is 0.716. The normalized spacial score (nSPS) is 12.0. The summed E-state index contributed by atoms with van der Waals surface area (Å²) in [5.41, 5.74) is 0. The van der Waals surface area contributed by atoms with E-state index < -0.39 is 0 Å².